The van der Waals surface area contributed by atoms with Crippen LogP contribution in [0.5, 0.6) is 0 Å². The Kier molecular flexibility index (Phi) is 6.20. The van der Waals surface area contributed by atoms with E-state index in [-0.39, 0.29) is 17.7 Å². The van der Waals surface area contributed by atoms with Crippen LogP contribution in [0.15, 0.2) is 24.3 Å². The van der Waals surface area contributed by atoms with E-state index in [9.17, 15) is 14.7 Å². The van der Waals surface area contributed by atoms with Gasteiger partial charge in [0, 0.05) is 31.7 Å². The van der Waals surface area contributed by atoms with Gasteiger partial charge in [0.25, 0.3) is 5.91 Å². The molecule has 1 atom stereocenters. The molecule has 2 saturated heterocycles. The molecule has 2 heterocycles. The average Bonchev–Trinajstić information content (AvgIpc) is 3.20. The molecule has 3 rings (SSSR count). The van der Waals surface area contributed by atoms with Gasteiger partial charge < -0.3 is 14.9 Å². The second kappa shape index (κ2) is 8.42. The zero-order chi connectivity index (χ0) is 19.4. The summed E-state index contributed by atoms with van der Waals surface area (Å²) < 4.78 is 0. The number of piperidine rings is 1. The number of carbonyl (C=O) groups is 2. The summed E-state index contributed by atoms with van der Waals surface area (Å²) in [7, 11) is 0. The summed E-state index contributed by atoms with van der Waals surface area (Å²) >= 11 is 0. The molecule has 2 aliphatic heterocycles. The van der Waals surface area contributed by atoms with Crippen molar-refractivity contribution in [3.63, 3.8) is 0 Å². The van der Waals surface area contributed by atoms with Crippen LogP contribution in [0.25, 0.3) is 0 Å². The molecule has 5 heteroatoms. The van der Waals surface area contributed by atoms with E-state index < -0.39 is 5.60 Å². The van der Waals surface area contributed by atoms with Crippen molar-refractivity contribution in [2.45, 2.75) is 58.0 Å². The number of amides is 2. The molecule has 1 aromatic carbocycles. The number of hydrogen-bond donors (Lipinski definition) is 1. The Labute approximate surface area is 162 Å². The first-order chi connectivity index (χ1) is 12.8. The summed E-state index contributed by atoms with van der Waals surface area (Å²) in [5.74, 6) is 0.196. The maximum absolute atomic E-state index is 12.9. The molecular formula is C22H32N2O3. The number of aryl methyl sites for hydroxylation is 1. The number of likely N-dealkylation sites (tertiary alicyclic amines) is 2. The van der Waals surface area contributed by atoms with E-state index in [0.29, 0.717) is 18.5 Å². The zero-order valence-corrected chi connectivity index (χ0v) is 16.6. The normalized spacial score (nSPS) is 20.8. The van der Waals surface area contributed by atoms with Crippen molar-refractivity contribution < 1.29 is 14.7 Å². The number of nitrogens with zero attached hydrogens (tertiary/aromatic N) is 2. The van der Waals surface area contributed by atoms with E-state index in [2.05, 4.69) is 0 Å². The molecule has 2 amide bonds. The quantitative estimate of drug-likeness (QED) is 0.865. The summed E-state index contributed by atoms with van der Waals surface area (Å²) in [6, 6.07) is 7.67. The van der Waals surface area contributed by atoms with Gasteiger partial charge in [0.1, 0.15) is 0 Å². The minimum atomic E-state index is -0.681. The molecule has 0 bridgehead atoms. The third-order valence-electron chi connectivity index (χ3n) is 5.70. The van der Waals surface area contributed by atoms with Crippen molar-refractivity contribution in [1.29, 1.82) is 0 Å². The van der Waals surface area contributed by atoms with Crippen LogP contribution in [0.1, 0.15) is 61.9 Å². The largest absolute Gasteiger partial charge is 0.390 e. The highest BCUT2D eigenvalue weighted by molar-refractivity contribution is 5.94. The summed E-state index contributed by atoms with van der Waals surface area (Å²) in [6.45, 7) is 6.62. The van der Waals surface area contributed by atoms with Gasteiger partial charge in [-0.2, -0.15) is 0 Å². The Bertz CT molecular complexity index is 657. The predicted octanol–water partition coefficient (Wildman–Crippen LogP) is 2.86. The third kappa shape index (κ3) is 5.32. The second-order valence-electron chi connectivity index (χ2n) is 8.63. The lowest BCUT2D eigenvalue weighted by molar-refractivity contribution is -0.135. The van der Waals surface area contributed by atoms with Gasteiger partial charge >= 0.3 is 0 Å². The Morgan fingerprint density at radius 3 is 2.30 bits per heavy atom. The Hall–Kier alpha value is -1.88. The van der Waals surface area contributed by atoms with Crippen LogP contribution >= 0.6 is 0 Å². The van der Waals surface area contributed by atoms with Gasteiger partial charge in [0.2, 0.25) is 5.91 Å². The predicted molar refractivity (Wildman–Crippen MR) is 106 cm³/mol. The molecule has 0 unspecified atom stereocenters. The minimum Gasteiger partial charge on any atom is -0.390 e. The van der Waals surface area contributed by atoms with Gasteiger partial charge in [0.05, 0.1) is 11.5 Å². The molecular weight excluding hydrogens is 340 g/mol. The molecule has 1 N–H and O–H groups in total. The van der Waals surface area contributed by atoms with Gasteiger partial charge in [-0.05, 0) is 70.1 Å². The van der Waals surface area contributed by atoms with Crippen LogP contribution in [0, 0.1) is 5.92 Å². The van der Waals surface area contributed by atoms with E-state index in [1.54, 1.807) is 13.8 Å². The van der Waals surface area contributed by atoms with Crippen LogP contribution in [-0.4, -0.2) is 58.5 Å². The van der Waals surface area contributed by atoms with E-state index in [4.69, 9.17) is 0 Å². The molecule has 27 heavy (non-hydrogen) atoms. The monoisotopic (exact) mass is 372 g/mol. The standard InChI is InChI=1S/C22H32N2O3/c1-22(2,27)12-11-17-7-9-18(10-8-17)20(25)24-15-5-6-19(16-24)21(26)23-13-3-4-14-23/h7-10,19,27H,3-6,11-16H2,1-2H3/t19-/m0/s1. The highest BCUT2D eigenvalue weighted by atomic mass is 16.3. The molecule has 2 fully saturated rings. The molecule has 1 aromatic rings. The lowest BCUT2D eigenvalue weighted by Gasteiger charge is -2.34. The van der Waals surface area contributed by atoms with Crippen molar-refractivity contribution >= 4 is 11.8 Å². The summed E-state index contributed by atoms with van der Waals surface area (Å²) in [5.41, 5.74) is 1.12. The molecule has 0 aliphatic carbocycles. The third-order valence-corrected chi connectivity index (χ3v) is 5.70. The van der Waals surface area contributed by atoms with Gasteiger partial charge in [0.15, 0.2) is 0 Å². The van der Waals surface area contributed by atoms with Crippen molar-refractivity contribution in [3.05, 3.63) is 35.4 Å². The first-order valence-electron chi connectivity index (χ1n) is 10.2. The lowest BCUT2D eigenvalue weighted by atomic mass is 9.95. The molecule has 0 spiro atoms. The molecule has 2 aliphatic rings. The van der Waals surface area contributed by atoms with Crippen LogP contribution in [0.3, 0.4) is 0 Å². The van der Waals surface area contributed by atoms with Crippen LogP contribution < -0.4 is 0 Å². The maximum Gasteiger partial charge on any atom is 0.253 e. The van der Waals surface area contributed by atoms with Crippen LogP contribution in [0.4, 0.5) is 0 Å². The van der Waals surface area contributed by atoms with E-state index in [1.807, 2.05) is 34.1 Å². The fourth-order valence-corrected chi connectivity index (χ4v) is 4.01. The average molecular weight is 373 g/mol. The maximum atomic E-state index is 12.9. The minimum absolute atomic E-state index is 0.0166. The van der Waals surface area contributed by atoms with Crippen molar-refractivity contribution in [3.8, 4) is 0 Å². The Balaban J connectivity index is 1.58. The first-order valence-corrected chi connectivity index (χ1v) is 10.2. The molecule has 0 saturated carbocycles. The van der Waals surface area contributed by atoms with Crippen molar-refractivity contribution in [2.75, 3.05) is 26.2 Å². The number of rotatable bonds is 5. The molecule has 5 nitrogen and oxygen atoms in total. The fourth-order valence-electron chi connectivity index (χ4n) is 4.01. The molecule has 0 radical (unpaired) electrons. The van der Waals surface area contributed by atoms with Crippen molar-refractivity contribution in [1.82, 2.24) is 9.80 Å². The number of hydrogen-bond acceptors (Lipinski definition) is 3. The Morgan fingerprint density at radius 2 is 1.67 bits per heavy atom. The van der Waals surface area contributed by atoms with Gasteiger partial charge in [-0.3, -0.25) is 9.59 Å². The zero-order valence-electron chi connectivity index (χ0n) is 16.6. The topological polar surface area (TPSA) is 60.9 Å². The van der Waals surface area contributed by atoms with Crippen LogP contribution in [0.2, 0.25) is 0 Å². The SMILES string of the molecule is CC(C)(O)CCc1ccc(C(=O)N2CCC[C@H](C(=O)N3CCCC3)C2)cc1. The van der Waals surface area contributed by atoms with Gasteiger partial charge in [-0.25, -0.2) is 0 Å². The van der Waals surface area contributed by atoms with E-state index in [0.717, 1.165) is 57.3 Å². The highest BCUT2D eigenvalue weighted by Gasteiger charge is 2.32. The number of benzene rings is 1. The number of aliphatic hydroxyl groups is 1. The number of carbonyl (C=O) groups excluding carboxylic acids is 2. The molecule has 0 aromatic heterocycles. The first kappa shape index (κ1) is 19.9. The summed E-state index contributed by atoms with van der Waals surface area (Å²) in [5, 5.41) is 9.85. The van der Waals surface area contributed by atoms with Crippen molar-refractivity contribution in [2.24, 2.45) is 5.92 Å². The summed E-state index contributed by atoms with van der Waals surface area (Å²) in [6.07, 6.45) is 5.44. The van der Waals surface area contributed by atoms with Gasteiger partial charge in [-0.1, -0.05) is 12.1 Å². The summed E-state index contributed by atoms with van der Waals surface area (Å²) in [4.78, 5) is 29.4. The Morgan fingerprint density at radius 1 is 1.04 bits per heavy atom. The highest BCUT2D eigenvalue weighted by Crippen LogP contribution is 2.23. The van der Waals surface area contributed by atoms with Gasteiger partial charge in [-0.15, -0.1) is 0 Å². The van der Waals surface area contributed by atoms with E-state index >= 15 is 0 Å². The van der Waals surface area contributed by atoms with E-state index in [1.165, 1.54) is 0 Å². The second-order valence-corrected chi connectivity index (χ2v) is 8.63. The van der Waals surface area contributed by atoms with Crippen LogP contribution in [-0.2, 0) is 11.2 Å². The fraction of sp³-hybridized carbons (Fsp3) is 0.636. The smallest absolute Gasteiger partial charge is 0.253 e. The molecule has 148 valence electrons. The lowest BCUT2D eigenvalue weighted by Crippen LogP contribution is -2.46.